The van der Waals surface area contributed by atoms with Gasteiger partial charge in [0.05, 0.1) is 10.6 Å². The van der Waals surface area contributed by atoms with Gasteiger partial charge in [0.1, 0.15) is 4.90 Å². The first kappa shape index (κ1) is 16.6. The molecule has 0 radical (unpaired) electrons. The Kier molecular flexibility index (Phi) is 4.83. The van der Waals surface area contributed by atoms with Crippen molar-refractivity contribution in [3.63, 3.8) is 0 Å². The van der Waals surface area contributed by atoms with Crippen LogP contribution in [-0.4, -0.2) is 40.6 Å². The van der Waals surface area contributed by atoms with Crippen molar-refractivity contribution in [1.29, 1.82) is 0 Å². The molecular weight excluding hydrogens is 334 g/mol. The molecule has 2 rings (SSSR count). The first-order chi connectivity index (χ1) is 9.74. The van der Waals surface area contributed by atoms with Crippen LogP contribution >= 0.6 is 11.8 Å². The summed E-state index contributed by atoms with van der Waals surface area (Å²) in [6, 6.07) is 3.63. The topological polar surface area (TPSA) is 118 Å². The van der Waals surface area contributed by atoms with Crippen molar-refractivity contribution >= 4 is 37.3 Å². The maximum atomic E-state index is 12.4. The SMILES string of the molecule is CS(=O)(=O)c1ccc(NN)c(S(=O)(=O)NC2CCSC2)c1. The second kappa shape index (κ2) is 6.13. The summed E-state index contributed by atoms with van der Waals surface area (Å²) in [5, 5.41) is 0. The van der Waals surface area contributed by atoms with Crippen LogP contribution in [0, 0.1) is 0 Å². The van der Waals surface area contributed by atoms with E-state index in [9.17, 15) is 16.8 Å². The van der Waals surface area contributed by atoms with Gasteiger partial charge in [0, 0.05) is 18.1 Å². The van der Waals surface area contributed by atoms with Crippen LogP contribution in [0.5, 0.6) is 0 Å². The van der Waals surface area contributed by atoms with Gasteiger partial charge in [0.2, 0.25) is 10.0 Å². The number of hydrogen-bond acceptors (Lipinski definition) is 7. The van der Waals surface area contributed by atoms with Gasteiger partial charge in [-0.05, 0) is 30.4 Å². The number of thioether (sulfide) groups is 1. The molecule has 4 N–H and O–H groups in total. The van der Waals surface area contributed by atoms with Gasteiger partial charge in [0.15, 0.2) is 9.84 Å². The molecule has 1 atom stereocenters. The fraction of sp³-hybridized carbons (Fsp3) is 0.455. The molecule has 1 aliphatic rings. The van der Waals surface area contributed by atoms with Gasteiger partial charge in [-0.1, -0.05) is 0 Å². The lowest BCUT2D eigenvalue weighted by atomic mass is 10.3. The van der Waals surface area contributed by atoms with Crippen LogP contribution in [0.15, 0.2) is 28.0 Å². The monoisotopic (exact) mass is 351 g/mol. The molecule has 1 unspecified atom stereocenters. The molecule has 0 spiro atoms. The standard InChI is InChI=1S/C11H17N3O4S3/c1-20(15,16)9-2-3-10(13-12)11(6-9)21(17,18)14-8-4-5-19-7-8/h2-3,6,8,13-14H,4-5,7,12H2,1H3. The Balaban J connectivity index is 2.44. The van der Waals surface area contributed by atoms with Crippen LogP contribution in [0.1, 0.15) is 6.42 Å². The zero-order valence-electron chi connectivity index (χ0n) is 11.4. The average Bonchev–Trinajstić information content (AvgIpc) is 2.89. The van der Waals surface area contributed by atoms with E-state index < -0.39 is 19.9 Å². The molecule has 0 aliphatic carbocycles. The lowest BCUT2D eigenvalue weighted by Gasteiger charge is -2.15. The van der Waals surface area contributed by atoms with Gasteiger partial charge in [-0.15, -0.1) is 0 Å². The van der Waals surface area contributed by atoms with Crippen molar-refractivity contribution in [3.05, 3.63) is 18.2 Å². The fourth-order valence-electron chi connectivity index (χ4n) is 1.99. The highest BCUT2D eigenvalue weighted by molar-refractivity contribution is 7.99. The molecule has 1 saturated heterocycles. The highest BCUT2D eigenvalue weighted by Gasteiger charge is 2.26. The van der Waals surface area contributed by atoms with Crippen molar-refractivity contribution in [2.24, 2.45) is 5.84 Å². The number of sulfonamides is 1. The summed E-state index contributed by atoms with van der Waals surface area (Å²) in [6.45, 7) is 0. The summed E-state index contributed by atoms with van der Waals surface area (Å²) < 4.78 is 50.6. The number of hydrogen-bond donors (Lipinski definition) is 3. The summed E-state index contributed by atoms with van der Waals surface area (Å²) in [5.74, 6) is 6.92. The predicted molar refractivity (Wildman–Crippen MR) is 83.4 cm³/mol. The second-order valence-electron chi connectivity index (χ2n) is 4.76. The van der Waals surface area contributed by atoms with Gasteiger partial charge in [-0.25, -0.2) is 21.6 Å². The van der Waals surface area contributed by atoms with Gasteiger partial charge in [-0.3, -0.25) is 5.84 Å². The molecule has 7 nitrogen and oxygen atoms in total. The Morgan fingerprint density at radius 2 is 2.00 bits per heavy atom. The van der Waals surface area contributed by atoms with Crippen LogP contribution < -0.4 is 16.0 Å². The fourth-order valence-corrected chi connectivity index (χ4v) is 5.43. The molecule has 1 fully saturated rings. The van der Waals surface area contributed by atoms with E-state index in [1.807, 2.05) is 0 Å². The van der Waals surface area contributed by atoms with E-state index >= 15 is 0 Å². The number of sulfone groups is 1. The minimum atomic E-state index is -3.84. The van der Waals surface area contributed by atoms with Crippen LogP contribution in [0.25, 0.3) is 0 Å². The van der Waals surface area contributed by atoms with Crippen molar-refractivity contribution in [2.75, 3.05) is 23.2 Å². The van der Waals surface area contributed by atoms with Crippen LogP contribution in [-0.2, 0) is 19.9 Å². The van der Waals surface area contributed by atoms with Gasteiger partial charge < -0.3 is 5.43 Å². The average molecular weight is 351 g/mol. The quantitative estimate of drug-likeness (QED) is 0.511. The second-order valence-corrected chi connectivity index (χ2v) is 9.60. The number of anilines is 1. The van der Waals surface area contributed by atoms with Crippen molar-refractivity contribution in [1.82, 2.24) is 4.72 Å². The summed E-state index contributed by atoms with van der Waals surface area (Å²) in [5.41, 5.74) is 2.44. The Hall–Kier alpha value is -0.810. The minimum Gasteiger partial charge on any atom is -0.323 e. The third-order valence-corrected chi connectivity index (χ3v) is 6.91. The lowest BCUT2D eigenvalue weighted by molar-refractivity contribution is 0.563. The van der Waals surface area contributed by atoms with Gasteiger partial charge >= 0.3 is 0 Å². The maximum absolute atomic E-state index is 12.4. The molecule has 21 heavy (non-hydrogen) atoms. The molecule has 118 valence electrons. The van der Waals surface area contributed by atoms with Gasteiger partial charge in [-0.2, -0.15) is 11.8 Å². The summed E-state index contributed by atoms with van der Waals surface area (Å²) in [7, 11) is -7.34. The van der Waals surface area contributed by atoms with Crippen molar-refractivity contribution < 1.29 is 16.8 Å². The highest BCUT2D eigenvalue weighted by Crippen LogP contribution is 2.26. The maximum Gasteiger partial charge on any atom is 0.242 e. The largest absolute Gasteiger partial charge is 0.323 e. The zero-order chi connectivity index (χ0) is 15.7. The van der Waals surface area contributed by atoms with E-state index in [0.29, 0.717) is 5.75 Å². The Labute approximate surface area is 128 Å². The summed E-state index contributed by atoms with van der Waals surface area (Å²) in [6.07, 6.45) is 1.77. The molecular formula is C11H17N3O4S3. The Morgan fingerprint density at radius 1 is 1.29 bits per heavy atom. The minimum absolute atomic E-state index is 0.0670. The van der Waals surface area contributed by atoms with E-state index in [0.717, 1.165) is 24.5 Å². The molecule has 1 aromatic rings. The van der Waals surface area contributed by atoms with E-state index in [2.05, 4.69) is 10.1 Å². The summed E-state index contributed by atoms with van der Waals surface area (Å²) in [4.78, 5) is -0.229. The third-order valence-electron chi connectivity index (χ3n) is 3.08. The first-order valence-electron chi connectivity index (χ1n) is 6.15. The predicted octanol–water partition coefficient (Wildman–Crippen LogP) is 0.160. The number of rotatable bonds is 5. The van der Waals surface area contributed by atoms with E-state index in [-0.39, 0.29) is 21.5 Å². The molecule has 1 aromatic carbocycles. The highest BCUT2D eigenvalue weighted by atomic mass is 32.2. The number of nitrogen functional groups attached to an aromatic ring is 1. The van der Waals surface area contributed by atoms with Gasteiger partial charge in [0.25, 0.3) is 0 Å². The summed E-state index contributed by atoms with van der Waals surface area (Å²) >= 11 is 1.67. The van der Waals surface area contributed by atoms with Crippen molar-refractivity contribution in [2.45, 2.75) is 22.3 Å². The van der Waals surface area contributed by atoms with Crippen molar-refractivity contribution in [3.8, 4) is 0 Å². The molecule has 0 amide bonds. The molecule has 1 aliphatic heterocycles. The Morgan fingerprint density at radius 3 is 2.52 bits per heavy atom. The van der Waals surface area contributed by atoms with Crippen LogP contribution in [0.4, 0.5) is 5.69 Å². The number of nitrogens with one attached hydrogen (secondary N) is 2. The Bertz CT molecular complexity index is 725. The molecule has 0 saturated carbocycles. The normalized spacial score (nSPS) is 19.6. The molecule has 10 heteroatoms. The van der Waals surface area contributed by atoms with Crippen LogP contribution in [0.2, 0.25) is 0 Å². The number of nitrogens with two attached hydrogens (primary N) is 1. The van der Waals surface area contributed by atoms with E-state index in [1.54, 1.807) is 11.8 Å². The zero-order valence-corrected chi connectivity index (χ0v) is 13.8. The smallest absolute Gasteiger partial charge is 0.242 e. The number of hydrazine groups is 1. The third kappa shape index (κ3) is 3.89. The van der Waals surface area contributed by atoms with E-state index in [1.165, 1.54) is 12.1 Å². The number of benzene rings is 1. The molecule has 0 bridgehead atoms. The molecule has 0 aromatic heterocycles. The molecule has 1 heterocycles. The van der Waals surface area contributed by atoms with Crippen LogP contribution in [0.3, 0.4) is 0 Å². The lowest BCUT2D eigenvalue weighted by Crippen LogP contribution is -2.35. The van der Waals surface area contributed by atoms with E-state index in [4.69, 9.17) is 5.84 Å². The first-order valence-corrected chi connectivity index (χ1v) is 10.7.